The summed E-state index contributed by atoms with van der Waals surface area (Å²) < 4.78 is 0. The molecule has 0 aromatic rings. The van der Waals surface area contributed by atoms with Gasteiger partial charge in [-0.15, -0.1) is 11.6 Å². The van der Waals surface area contributed by atoms with Gasteiger partial charge in [-0.3, -0.25) is 9.59 Å². The second kappa shape index (κ2) is 5.43. The van der Waals surface area contributed by atoms with Gasteiger partial charge in [0.15, 0.2) is 5.78 Å². The van der Waals surface area contributed by atoms with E-state index in [9.17, 15) is 9.59 Å². The van der Waals surface area contributed by atoms with E-state index in [1.165, 1.54) is 18.4 Å². The lowest BCUT2D eigenvalue weighted by Crippen LogP contribution is -2.51. The first-order valence-electron chi connectivity index (χ1n) is 9.66. The molecule has 0 aromatic carbocycles. The Morgan fingerprint density at radius 1 is 1.17 bits per heavy atom. The number of carbonyl (C=O) groups is 2. The molecule has 2 nitrogen and oxygen atoms in total. The Kier molecular flexibility index (Phi) is 3.81. The van der Waals surface area contributed by atoms with Crippen LogP contribution in [0.1, 0.15) is 65.7 Å². The highest BCUT2D eigenvalue weighted by molar-refractivity contribution is 6.22. The number of ketones is 2. The number of rotatable bonds is 1. The van der Waals surface area contributed by atoms with Crippen LogP contribution in [0.4, 0.5) is 0 Å². The predicted molar refractivity (Wildman–Crippen MR) is 95.9 cm³/mol. The monoisotopic (exact) mass is 348 g/mol. The average Bonchev–Trinajstić information content (AvgIpc) is 2.78. The standard InChI is InChI=1S/C21H29ClO2/c1-12(23)19-18(22)11-17-15-5-4-13-10-14(24)6-8-20(13,2)16(15)7-9-21(17,19)3/h10,15-19H,4-9,11H2,1-3H3/t15-,16+,17+,18-,19+,20+,21+/m1/s1. The van der Waals surface area contributed by atoms with Crippen LogP contribution < -0.4 is 0 Å². The summed E-state index contributed by atoms with van der Waals surface area (Å²) in [7, 11) is 0. The van der Waals surface area contributed by atoms with Crippen LogP contribution in [0.3, 0.4) is 0 Å². The van der Waals surface area contributed by atoms with Gasteiger partial charge in [0.1, 0.15) is 5.78 Å². The van der Waals surface area contributed by atoms with Crippen LogP contribution in [0.15, 0.2) is 11.6 Å². The Labute approximate surface area is 150 Å². The van der Waals surface area contributed by atoms with Crippen LogP contribution in [-0.4, -0.2) is 16.9 Å². The first-order chi connectivity index (χ1) is 11.3. The highest BCUT2D eigenvalue weighted by Gasteiger charge is 2.62. The molecule has 24 heavy (non-hydrogen) atoms. The Morgan fingerprint density at radius 3 is 2.62 bits per heavy atom. The molecule has 0 heterocycles. The van der Waals surface area contributed by atoms with Gasteiger partial charge >= 0.3 is 0 Å². The molecule has 4 rings (SSSR count). The fraction of sp³-hybridized carbons (Fsp3) is 0.810. The lowest BCUT2D eigenvalue weighted by molar-refractivity contribution is -0.128. The number of fused-ring (bicyclic) bond motifs is 5. The molecule has 0 spiro atoms. The quantitative estimate of drug-likeness (QED) is 0.629. The molecule has 0 N–H and O–H groups in total. The second-order valence-electron chi connectivity index (χ2n) is 9.35. The van der Waals surface area contributed by atoms with Crippen LogP contribution in [0.2, 0.25) is 0 Å². The molecule has 132 valence electrons. The Balaban J connectivity index is 1.69. The van der Waals surface area contributed by atoms with Crippen molar-refractivity contribution >= 4 is 23.2 Å². The molecule has 0 radical (unpaired) electrons. The van der Waals surface area contributed by atoms with Gasteiger partial charge in [-0.2, -0.15) is 0 Å². The molecule has 0 saturated heterocycles. The Bertz CT molecular complexity index is 623. The fourth-order valence-corrected chi connectivity index (χ4v) is 7.91. The van der Waals surface area contributed by atoms with E-state index < -0.39 is 0 Å². The number of alkyl halides is 1. The van der Waals surface area contributed by atoms with Crippen molar-refractivity contribution in [1.29, 1.82) is 0 Å². The minimum Gasteiger partial charge on any atom is -0.300 e. The minimum atomic E-state index is 0.00827. The molecule has 0 unspecified atom stereocenters. The fourth-order valence-electron chi connectivity index (χ4n) is 7.25. The number of hydrogen-bond donors (Lipinski definition) is 0. The first-order valence-corrected chi connectivity index (χ1v) is 10.1. The zero-order chi connectivity index (χ0) is 17.3. The maximum absolute atomic E-state index is 12.3. The summed E-state index contributed by atoms with van der Waals surface area (Å²) in [5.41, 5.74) is 1.70. The molecule has 0 bridgehead atoms. The second-order valence-corrected chi connectivity index (χ2v) is 9.91. The largest absolute Gasteiger partial charge is 0.300 e. The van der Waals surface area contributed by atoms with E-state index in [4.69, 9.17) is 11.6 Å². The van der Waals surface area contributed by atoms with Crippen molar-refractivity contribution in [3.8, 4) is 0 Å². The number of hydrogen-bond acceptors (Lipinski definition) is 2. The number of allylic oxidation sites excluding steroid dienone is 1. The van der Waals surface area contributed by atoms with Gasteiger partial charge in [0.2, 0.25) is 0 Å². The molecule has 4 aliphatic carbocycles. The first kappa shape index (κ1) is 16.8. The summed E-state index contributed by atoms with van der Waals surface area (Å²) in [4.78, 5) is 24.2. The Morgan fingerprint density at radius 2 is 1.92 bits per heavy atom. The predicted octanol–water partition coefficient (Wildman–Crippen LogP) is 4.94. The third-order valence-corrected chi connectivity index (χ3v) is 8.82. The van der Waals surface area contributed by atoms with E-state index >= 15 is 0 Å². The topological polar surface area (TPSA) is 34.1 Å². The van der Waals surface area contributed by atoms with Crippen LogP contribution in [0, 0.1) is 34.5 Å². The lowest BCUT2D eigenvalue weighted by atomic mass is 9.46. The van der Waals surface area contributed by atoms with Gasteiger partial charge < -0.3 is 0 Å². The van der Waals surface area contributed by atoms with E-state index in [1.54, 1.807) is 6.92 Å². The van der Waals surface area contributed by atoms with Crippen molar-refractivity contribution in [1.82, 2.24) is 0 Å². The maximum Gasteiger partial charge on any atom is 0.155 e. The summed E-state index contributed by atoms with van der Waals surface area (Å²) in [5.74, 6) is 2.54. The molecular weight excluding hydrogens is 320 g/mol. The van der Waals surface area contributed by atoms with E-state index in [-0.39, 0.29) is 27.9 Å². The van der Waals surface area contributed by atoms with Crippen LogP contribution in [0.25, 0.3) is 0 Å². The van der Waals surface area contributed by atoms with E-state index in [1.807, 2.05) is 6.08 Å². The van der Waals surface area contributed by atoms with Crippen molar-refractivity contribution in [2.75, 3.05) is 0 Å². The molecule has 0 aliphatic heterocycles. The summed E-state index contributed by atoms with van der Waals surface area (Å²) >= 11 is 6.68. The zero-order valence-electron chi connectivity index (χ0n) is 15.1. The van der Waals surface area contributed by atoms with Crippen molar-refractivity contribution in [2.45, 2.75) is 71.1 Å². The summed E-state index contributed by atoms with van der Waals surface area (Å²) in [6.45, 7) is 6.47. The molecule has 0 aromatic heterocycles. The van der Waals surface area contributed by atoms with Gasteiger partial charge in [-0.05, 0) is 80.1 Å². The van der Waals surface area contributed by atoms with E-state index in [0.717, 1.165) is 25.7 Å². The van der Waals surface area contributed by atoms with Gasteiger partial charge in [0, 0.05) is 17.7 Å². The van der Waals surface area contributed by atoms with E-state index in [2.05, 4.69) is 13.8 Å². The smallest absolute Gasteiger partial charge is 0.155 e. The zero-order valence-corrected chi connectivity index (χ0v) is 15.9. The van der Waals surface area contributed by atoms with Crippen LogP contribution in [-0.2, 0) is 9.59 Å². The summed E-state index contributed by atoms with van der Waals surface area (Å²) in [6, 6.07) is 0. The van der Waals surface area contributed by atoms with Gasteiger partial charge in [0.25, 0.3) is 0 Å². The summed E-state index contributed by atoms with van der Waals surface area (Å²) in [6.07, 6.45) is 9.22. The average molecular weight is 349 g/mol. The third-order valence-electron chi connectivity index (χ3n) is 8.39. The SMILES string of the molecule is CC(=O)[C@H]1[C@H](Cl)C[C@H]2[C@@H]3CCC4=CC(=O)CC[C@]4(C)[C@H]3CC[C@@]21C. The Hall–Kier alpha value is -0.630. The van der Waals surface area contributed by atoms with Gasteiger partial charge in [-0.25, -0.2) is 0 Å². The molecule has 4 aliphatic rings. The van der Waals surface area contributed by atoms with Crippen molar-refractivity contribution < 1.29 is 9.59 Å². The van der Waals surface area contributed by atoms with Crippen molar-refractivity contribution in [3.05, 3.63) is 11.6 Å². The normalized spacial score (nSPS) is 50.6. The number of Topliss-reactive ketones (excluding diaryl/α,β-unsaturated/α-hetero) is 1. The van der Waals surface area contributed by atoms with Crippen molar-refractivity contribution in [3.63, 3.8) is 0 Å². The van der Waals surface area contributed by atoms with Crippen LogP contribution in [0.5, 0.6) is 0 Å². The molecule has 3 heteroatoms. The highest BCUT2D eigenvalue weighted by atomic mass is 35.5. The molecule has 3 fully saturated rings. The molecular formula is C21H29ClO2. The number of carbonyl (C=O) groups excluding carboxylic acids is 2. The third kappa shape index (κ3) is 2.14. The van der Waals surface area contributed by atoms with Crippen LogP contribution >= 0.6 is 11.6 Å². The number of halogens is 1. The lowest BCUT2D eigenvalue weighted by Gasteiger charge is -2.58. The minimum absolute atomic E-state index is 0.00827. The van der Waals surface area contributed by atoms with Crippen molar-refractivity contribution in [2.24, 2.45) is 34.5 Å². The molecule has 7 atom stereocenters. The van der Waals surface area contributed by atoms with E-state index in [0.29, 0.717) is 30.0 Å². The van der Waals surface area contributed by atoms with Gasteiger partial charge in [0.05, 0.1) is 0 Å². The summed E-state index contributed by atoms with van der Waals surface area (Å²) in [5, 5.41) is 0.00827. The maximum atomic E-state index is 12.3. The molecule has 0 amide bonds. The van der Waals surface area contributed by atoms with Gasteiger partial charge in [-0.1, -0.05) is 19.4 Å². The highest BCUT2D eigenvalue weighted by Crippen LogP contribution is 2.67. The molecule has 3 saturated carbocycles.